The molecule has 1 fully saturated rings. The maximum atomic E-state index is 15.1. The zero-order valence-corrected chi connectivity index (χ0v) is 19.4. The molecule has 2 aromatic carbocycles. The molecule has 0 atom stereocenters. The molecule has 35 heavy (non-hydrogen) atoms. The van der Waals surface area contributed by atoms with Crippen LogP contribution >= 0.6 is 0 Å². The maximum Gasteiger partial charge on any atom is 0.261 e. The summed E-state index contributed by atoms with van der Waals surface area (Å²) in [5.41, 5.74) is 2.54. The van der Waals surface area contributed by atoms with Crippen LogP contribution in [-0.2, 0) is 6.54 Å². The van der Waals surface area contributed by atoms with Crippen LogP contribution in [0.5, 0.6) is 11.6 Å². The first kappa shape index (κ1) is 23.0. The number of ether oxygens (including phenoxy) is 1. The van der Waals surface area contributed by atoms with Crippen molar-refractivity contribution in [2.24, 2.45) is 0 Å². The van der Waals surface area contributed by atoms with E-state index in [1.807, 2.05) is 31.2 Å². The van der Waals surface area contributed by atoms with E-state index in [4.69, 9.17) is 4.74 Å². The Kier molecular flexibility index (Phi) is 6.21. The van der Waals surface area contributed by atoms with E-state index in [9.17, 15) is 4.39 Å². The Morgan fingerprint density at radius 3 is 2.49 bits per heavy atom. The van der Waals surface area contributed by atoms with Gasteiger partial charge in [-0.05, 0) is 44.2 Å². The smallest absolute Gasteiger partial charge is 0.261 e. The monoisotopic (exact) mass is 482 g/mol. The highest BCUT2D eigenvalue weighted by Crippen LogP contribution is 2.35. The van der Waals surface area contributed by atoms with Crippen LogP contribution in [0.4, 0.5) is 30.4 Å². The highest BCUT2D eigenvalue weighted by Gasteiger charge is 2.21. The van der Waals surface area contributed by atoms with Gasteiger partial charge in [0.15, 0.2) is 23.2 Å². The molecule has 10 heteroatoms. The second kappa shape index (κ2) is 9.46. The number of nitrogens with one attached hydrogen (secondary N) is 2. The summed E-state index contributed by atoms with van der Waals surface area (Å²) in [6.45, 7) is 7.78. The fourth-order valence-electron chi connectivity index (χ4n) is 4.39. The van der Waals surface area contributed by atoms with Crippen molar-refractivity contribution in [1.29, 1.82) is 0 Å². The summed E-state index contributed by atoms with van der Waals surface area (Å²) in [5.74, 6) is -3.46. The third-order valence-electron chi connectivity index (χ3n) is 6.13. The molecular formula is C25H25F3N6O. The van der Waals surface area contributed by atoms with Crippen LogP contribution in [0.2, 0.25) is 0 Å². The number of hydrogen-bond donors (Lipinski definition) is 2. The predicted molar refractivity (Wildman–Crippen MR) is 129 cm³/mol. The Morgan fingerprint density at radius 1 is 1.03 bits per heavy atom. The van der Waals surface area contributed by atoms with Crippen molar-refractivity contribution in [3.63, 3.8) is 0 Å². The van der Waals surface area contributed by atoms with Gasteiger partial charge < -0.3 is 24.8 Å². The molecule has 7 nitrogen and oxygen atoms in total. The number of hydrogen-bond acceptors (Lipinski definition) is 6. The van der Waals surface area contributed by atoms with Crippen molar-refractivity contribution >= 4 is 28.1 Å². The van der Waals surface area contributed by atoms with E-state index < -0.39 is 29.1 Å². The predicted octanol–water partition coefficient (Wildman–Crippen LogP) is 5.12. The summed E-state index contributed by atoms with van der Waals surface area (Å²) in [6, 6.07) is 9.99. The summed E-state index contributed by atoms with van der Waals surface area (Å²) < 4.78 is 52.1. The molecule has 1 aliphatic rings. The van der Waals surface area contributed by atoms with Crippen LogP contribution in [0.3, 0.4) is 0 Å². The molecule has 0 amide bonds. The number of nitrogens with zero attached hydrogens (tertiary/aromatic N) is 4. The quantitative estimate of drug-likeness (QED) is 0.398. The zero-order valence-electron chi connectivity index (χ0n) is 19.4. The molecule has 3 heterocycles. The van der Waals surface area contributed by atoms with Gasteiger partial charge in [0.25, 0.3) is 5.88 Å². The standard InChI is InChI=1S/C25H25F3N6O/c1-3-34-15(2)12-18-21(27)20(13-19(26)23(18)34)35-25-22(28)24(30-14-31-25)32-16-4-6-17(7-5-16)33-10-8-29-9-11-33/h4-7,12-14,29H,3,8-11H2,1-2H3,(H,30,31,32). The first-order valence-corrected chi connectivity index (χ1v) is 11.4. The van der Waals surface area contributed by atoms with E-state index in [0.717, 1.165) is 44.3 Å². The summed E-state index contributed by atoms with van der Waals surface area (Å²) in [4.78, 5) is 9.98. The molecule has 0 saturated carbocycles. The molecule has 4 aromatic rings. The lowest BCUT2D eigenvalue weighted by Gasteiger charge is -2.29. The molecule has 1 saturated heterocycles. The number of aryl methyl sites for hydroxylation is 2. The van der Waals surface area contributed by atoms with Crippen molar-refractivity contribution < 1.29 is 17.9 Å². The fourth-order valence-corrected chi connectivity index (χ4v) is 4.39. The van der Waals surface area contributed by atoms with Crippen molar-refractivity contribution in [3.8, 4) is 11.6 Å². The second-order valence-corrected chi connectivity index (χ2v) is 8.32. The normalized spacial score (nSPS) is 13.9. The highest BCUT2D eigenvalue weighted by molar-refractivity contribution is 5.84. The fraction of sp³-hybridized carbons (Fsp3) is 0.280. The van der Waals surface area contributed by atoms with Crippen LogP contribution in [-0.4, -0.2) is 40.7 Å². The van der Waals surface area contributed by atoms with Gasteiger partial charge in [-0.15, -0.1) is 0 Å². The molecule has 5 rings (SSSR count). The molecule has 0 radical (unpaired) electrons. The van der Waals surface area contributed by atoms with Crippen LogP contribution in [0.1, 0.15) is 12.6 Å². The lowest BCUT2D eigenvalue weighted by Crippen LogP contribution is -2.43. The molecule has 1 aliphatic heterocycles. The van der Waals surface area contributed by atoms with Crippen molar-refractivity contribution in [2.75, 3.05) is 36.4 Å². The van der Waals surface area contributed by atoms with Crippen LogP contribution < -0.4 is 20.3 Å². The molecular weight excluding hydrogens is 457 g/mol. The Bertz CT molecular complexity index is 1370. The topological polar surface area (TPSA) is 67.2 Å². The summed E-state index contributed by atoms with van der Waals surface area (Å²) in [5, 5.41) is 6.27. The van der Waals surface area contributed by atoms with Gasteiger partial charge >= 0.3 is 0 Å². The van der Waals surface area contributed by atoms with Crippen molar-refractivity contribution in [3.05, 3.63) is 65.9 Å². The number of fused-ring (bicyclic) bond motifs is 1. The first-order valence-electron chi connectivity index (χ1n) is 11.4. The van der Waals surface area contributed by atoms with E-state index in [2.05, 4.69) is 25.5 Å². The van der Waals surface area contributed by atoms with Crippen LogP contribution in [0, 0.1) is 24.4 Å². The largest absolute Gasteiger partial charge is 0.433 e. The average Bonchev–Trinajstić information content (AvgIpc) is 3.22. The van der Waals surface area contributed by atoms with Gasteiger partial charge in [-0.1, -0.05) is 0 Å². The third-order valence-corrected chi connectivity index (χ3v) is 6.13. The van der Waals surface area contributed by atoms with Crippen molar-refractivity contribution in [1.82, 2.24) is 19.9 Å². The van der Waals surface area contributed by atoms with Gasteiger partial charge in [0, 0.05) is 61.2 Å². The highest BCUT2D eigenvalue weighted by atomic mass is 19.1. The molecule has 0 aliphatic carbocycles. The first-order chi connectivity index (χ1) is 17.0. The van der Waals surface area contributed by atoms with Crippen LogP contribution in [0.15, 0.2) is 42.7 Å². The molecule has 2 aromatic heterocycles. The zero-order chi connectivity index (χ0) is 24.5. The van der Waals surface area contributed by atoms with E-state index >= 15 is 8.78 Å². The summed E-state index contributed by atoms with van der Waals surface area (Å²) in [6.07, 6.45) is 1.10. The molecule has 0 unspecified atom stereocenters. The van der Waals surface area contributed by atoms with Gasteiger partial charge in [0.05, 0.1) is 5.52 Å². The summed E-state index contributed by atoms with van der Waals surface area (Å²) in [7, 11) is 0. The number of halogens is 3. The van der Waals surface area contributed by atoms with Gasteiger partial charge in [0.1, 0.15) is 6.33 Å². The van der Waals surface area contributed by atoms with E-state index in [-0.39, 0.29) is 16.7 Å². The number of anilines is 3. The van der Waals surface area contributed by atoms with E-state index in [1.54, 1.807) is 11.5 Å². The SMILES string of the molecule is CCn1c(C)cc2c(F)c(Oc3ncnc(Nc4ccc(N5CCNCC5)cc4)c3F)cc(F)c21. The van der Waals surface area contributed by atoms with E-state index in [1.165, 1.54) is 6.07 Å². The van der Waals surface area contributed by atoms with Crippen molar-refractivity contribution in [2.45, 2.75) is 20.4 Å². The van der Waals surface area contributed by atoms with Gasteiger partial charge in [-0.2, -0.15) is 9.37 Å². The lowest BCUT2D eigenvalue weighted by atomic mass is 10.2. The Labute approximate surface area is 200 Å². The second-order valence-electron chi connectivity index (χ2n) is 8.32. The Hall–Kier alpha value is -3.79. The van der Waals surface area contributed by atoms with Crippen LogP contribution in [0.25, 0.3) is 10.9 Å². The lowest BCUT2D eigenvalue weighted by molar-refractivity contribution is 0.397. The molecule has 2 N–H and O–H groups in total. The Morgan fingerprint density at radius 2 is 1.77 bits per heavy atom. The number of rotatable bonds is 6. The van der Waals surface area contributed by atoms with Gasteiger partial charge in [0.2, 0.25) is 5.82 Å². The van der Waals surface area contributed by atoms with Gasteiger partial charge in [-0.25, -0.2) is 13.8 Å². The number of benzene rings is 2. The number of aromatic nitrogens is 3. The molecule has 0 spiro atoms. The maximum absolute atomic E-state index is 15.1. The molecule has 182 valence electrons. The average molecular weight is 483 g/mol. The van der Waals surface area contributed by atoms with Gasteiger partial charge in [-0.3, -0.25) is 0 Å². The third kappa shape index (κ3) is 4.37. The minimum absolute atomic E-state index is 0.0664. The molecule has 0 bridgehead atoms. The number of piperazine rings is 1. The minimum Gasteiger partial charge on any atom is -0.433 e. The Balaban J connectivity index is 1.39. The summed E-state index contributed by atoms with van der Waals surface area (Å²) >= 11 is 0. The van der Waals surface area contributed by atoms with E-state index in [0.29, 0.717) is 17.9 Å². The minimum atomic E-state index is -0.916.